The predicted molar refractivity (Wildman–Crippen MR) is 159 cm³/mol. The number of hydrazine groups is 1. The van der Waals surface area contributed by atoms with Crippen molar-refractivity contribution in [3.63, 3.8) is 0 Å². The second-order valence-electron chi connectivity index (χ2n) is 11.6. The third-order valence-corrected chi connectivity index (χ3v) is 7.64. The van der Waals surface area contributed by atoms with Gasteiger partial charge < -0.3 is 0 Å². The number of unbranched alkanes of at least 4 members (excludes halogenated alkanes) is 4. The molecule has 0 bridgehead atoms. The van der Waals surface area contributed by atoms with Crippen molar-refractivity contribution in [1.82, 2.24) is 0 Å². The van der Waals surface area contributed by atoms with Crippen molar-refractivity contribution >= 4 is 17.1 Å². The van der Waals surface area contributed by atoms with Crippen molar-refractivity contribution in [2.45, 2.75) is 104 Å². The van der Waals surface area contributed by atoms with Gasteiger partial charge in [0, 0.05) is 0 Å². The predicted octanol–water partition coefficient (Wildman–Crippen LogP) is 10.6. The molecule has 3 rings (SSSR count). The lowest BCUT2D eigenvalue weighted by atomic mass is 9.80. The number of rotatable bonds is 14. The van der Waals surface area contributed by atoms with E-state index < -0.39 is 0 Å². The number of nitrogens with one attached hydrogen (secondary N) is 1. The smallest absolute Gasteiger partial charge is 0.0630 e. The first-order valence-corrected chi connectivity index (χ1v) is 14.1. The van der Waals surface area contributed by atoms with Crippen molar-refractivity contribution in [3.05, 3.63) is 90.0 Å². The minimum absolute atomic E-state index is 0.191. The molecule has 0 heterocycles. The second kappa shape index (κ2) is 13.0. The Morgan fingerprint density at radius 2 is 0.972 bits per heavy atom. The van der Waals surface area contributed by atoms with Crippen molar-refractivity contribution in [2.24, 2.45) is 0 Å². The summed E-state index contributed by atoms with van der Waals surface area (Å²) in [4.78, 5) is 0. The molecule has 0 amide bonds. The van der Waals surface area contributed by atoms with E-state index in [0.717, 1.165) is 17.1 Å². The van der Waals surface area contributed by atoms with Gasteiger partial charge in [0.1, 0.15) is 0 Å². The zero-order valence-corrected chi connectivity index (χ0v) is 23.6. The van der Waals surface area contributed by atoms with Crippen molar-refractivity contribution < 1.29 is 0 Å². The third-order valence-electron chi connectivity index (χ3n) is 7.64. The van der Waals surface area contributed by atoms with Gasteiger partial charge in [0.2, 0.25) is 0 Å². The molecular formula is C34H48N2. The number of benzene rings is 3. The van der Waals surface area contributed by atoms with Crippen LogP contribution in [0.4, 0.5) is 17.1 Å². The molecule has 36 heavy (non-hydrogen) atoms. The van der Waals surface area contributed by atoms with Crippen LogP contribution < -0.4 is 10.4 Å². The van der Waals surface area contributed by atoms with E-state index in [-0.39, 0.29) is 10.8 Å². The Morgan fingerprint density at radius 1 is 0.556 bits per heavy atom. The van der Waals surface area contributed by atoms with E-state index in [9.17, 15) is 0 Å². The minimum Gasteiger partial charge on any atom is -0.294 e. The monoisotopic (exact) mass is 484 g/mol. The fraction of sp³-hybridized carbons (Fsp3) is 0.471. The first-order chi connectivity index (χ1) is 17.3. The van der Waals surface area contributed by atoms with Crippen LogP contribution in [0.25, 0.3) is 0 Å². The highest BCUT2D eigenvalue weighted by atomic mass is 15.5. The van der Waals surface area contributed by atoms with Gasteiger partial charge in [-0.25, -0.2) is 0 Å². The molecule has 0 saturated carbocycles. The van der Waals surface area contributed by atoms with Gasteiger partial charge in [0.25, 0.3) is 0 Å². The molecule has 2 heteroatoms. The molecular weight excluding hydrogens is 436 g/mol. The van der Waals surface area contributed by atoms with Gasteiger partial charge in [0.05, 0.1) is 17.1 Å². The molecule has 0 aromatic heterocycles. The second-order valence-corrected chi connectivity index (χ2v) is 11.6. The zero-order valence-electron chi connectivity index (χ0n) is 23.6. The molecule has 3 aromatic rings. The summed E-state index contributed by atoms with van der Waals surface area (Å²) in [5.41, 5.74) is 10.2. The molecule has 0 unspecified atom stereocenters. The number of nitrogens with zero attached hydrogens (tertiary/aromatic N) is 1. The lowest BCUT2D eigenvalue weighted by Crippen LogP contribution is -2.25. The Hall–Kier alpha value is -2.74. The highest BCUT2D eigenvalue weighted by molar-refractivity contribution is 5.69. The average Bonchev–Trinajstić information content (AvgIpc) is 2.88. The van der Waals surface area contributed by atoms with E-state index in [2.05, 4.69) is 131 Å². The highest BCUT2D eigenvalue weighted by Gasteiger charge is 2.22. The van der Waals surface area contributed by atoms with Gasteiger partial charge >= 0.3 is 0 Å². The van der Waals surface area contributed by atoms with Gasteiger partial charge in [0.15, 0.2) is 0 Å². The topological polar surface area (TPSA) is 15.3 Å². The normalized spacial score (nSPS) is 11.9. The maximum Gasteiger partial charge on any atom is 0.0630 e. The number of hydrogen-bond acceptors (Lipinski definition) is 2. The molecule has 1 N–H and O–H groups in total. The molecule has 0 spiro atoms. The molecule has 0 aliphatic heterocycles. The molecule has 0 aliphatic rings. The summed E-state index contributed by atoms with van der Waals surface area (Å²) in [6.45, 7) is 14.0. The fourth-order valence-corrected chi connectivity index (χ4v) is 4.97. The Balaban J connectivity index is 1.86. The molecule has 194 valence electrons. The summed E-state index contributed by atoms with van der Waals surface area (Å²) in [5.74, 6) is 0. The number of para-hydroxylation sites is 1. The first kappa shape index (κ1) is 27.8. The van der Waals surface area contributed by atoms with Gasteiger partial charge in [-0.1, -0.05) is 123 Å². The summed E-state index contributed by atoms with van der Waals surface area (Å²) in [7, 11) is 0. The van der Waals surface area contributed by atoms with Crippen LogP contribution in [0.5, 0.6) is 0 Å². The van der Waals surface area contributed by atoms with Gasteiger partial charge in [-0.05, 0) is 71.2 Å². The maximum absolute atomic E-state index is 3.65. The van der Waals surface area contributed by atoms with Crippen molar-refractivity contribution in [1.29, 1.82) is 0 Å². The molecule has 0 fully saturated rings. The van der Waals surface area contributed by atoms with Crippen LogP contribution >= 0.6 is 0 Å². The zero-order chi connectivity index (χ0) is 26.0. The van der Waals surface area contributed by atoms with Crippen molar-refractivity contribution in [2.75, 3.05) is 10.4 Å². The van der Waals surface area contributed by atoms with E-state index in [1.807, 2.05) is 0 Å². The molecule has 0 atom stereocenters. The number of anilines is 3. The third kappa shape index (κ3) is 7.63. The van der Waals surface area contributed by atoms with E-state index >= 15 is 0 Å². The summed E-state index contributed by atoms with van der Waals surface area (Å²) >= 11 is 0. The van der Waals surface area contributed by atoms with Crippen LogP contribution in [0.1, 0.15) is 104 Å². The lowest BCUT2D eigenvalue weighted by Gasteiger charge is -2.30. The highest BCUT2D eigenvalue weighted by Crippen LogP contribution is 2.35. The van der Waals surface area contributed by atoms with E-state index in [1.165, 1.54) is 62.5 Å². The van der Waals surface area contributed by atoms with E-state index in [0.29, 0.717) is 0 Å². The fourth-order valence-electron chi connectivity index (χ4n) is 4.97. The van der Waals surface area contributed by atoms with Gasteiger partial charge in [-0.15, -0.1) is 0 Å². The summed E-state index contributed by atoms with van der Waals surface area (Å²) in [5, 5.41) is 2.21. The largest absolute Gasteiger partial charge is 0.294 e. The quantitative estimate of drug-likeness (QED) is 0.181. The Labute approximate surface area is 221 Å². The molecule has 0 saturated heterocycles. The summed E-state index contributed by atoms with van der Waals surface area (Å²) < 4.78 is 0. The van der Waals surface area contributed by atoms with Crippen LogP contribution in [0.3, 0.4) is 0 Å². The van der Waals surface area contributed by atoms with Gasteiger partial charge in [-0.2, -0.15) is 0 Å². The average molecular weight is 485 g/mol. The van der Waals surface area contributed by atoms with Crippen LogP contribution in [0.2, 0.25) is 0 Å². The molecule has 2 nitrogen and oxygen atoms in total. The van der Waals surface area contributed by atoms with Crippen LogP contribution in [-0.4, -0.2) is 0 Å². The molecule has 0 aliphatic carbocycles. The van der Waals surface area contributed by atoms with Crippen LogP contribution in [0, 0.1) is 0 Å². The standard InChI is InChI=1S/C34H48N2/c1-7-9-14-26-33(3,4)28-18-22-31(23-19-28)36(35-30-16-12-11-13-17-30)32-24-20-29(21-25-32)34(5,6)27-15-10-8-2/h11-13,16-25,35H,7-10,14-15,26-27H2,1-6H3. The van der Waals surface area contributed by atoms with E-state index in [1.54, 1.807) is 0 Å². The van der Waals surface area contributed by atoms with Crippen LogP contribution in [0.15, 0.2) is 78.9 Å². The Bertz CT molecular complexity index is 952. The Morgan fingerprint density at radius 3 is 1.36 bits per heavy atom. The minimum atomic E-state index is 0.191. The van der Waals surface area contributed by atoms with Crippen LogP contribution in [-0.2, 0) is 10.8 Å². The van der Waals surface area contributed by atoms with Crippen molar-refractivity contribution in [3.8, 4) is 0 Å². The lowest BCUT2D eigenvalue weighted by molar-refractivity contribution is 0.450. The van der Waals surface area contributed by atoms with Gasteiger partial charge in [-0.3, -0.25) is 10.4 Å². The molecule has 3 aromatic carbocycles. The summed E-state index contributed by atoms with van der Waals surface area (Å²) in [6, 6.07) is 28.7. The Kier molecular flexibility index (Phi) is 10.0. The molecule has 0 radical (unpaired) electrons. The SMILES string of the molecule is CCCCCC(C)(C)c1ccc(N(Nc2ccccc2)c2ccc(C(C)(C)CCCCC)cc2)cc1. The van der Waals surface area contributed by atoms with E-state index in [4.69, 9.17) is 0 Å². The maximum atomic E-state index is 3.65. The first-order valence-electron chi connectivity index (χ1n) is 14.1. The summed E-state index contributed by atoms with van der Waals surface area (Å²) in [6.07, 6.45) is 10.2. The number of hydrogen-bond donors (Lipinski definition) is 1.